The number of nitrogens with zero attached hydrogens (tertiary/aromatic N) is 4. The predicted octanol–water partition coefficient (Wildman–Crippen LogP) is 7.87. The monoisotopic (exact) mass is 496 g/mol. The Hall–Kier alpha value is -2.50. The second kappa shape index (κ2) is 10.0. The van der Waals surface area contributed by atoms with E-state index in [0.717, 1.165) is 23.6 Å². The Labute approximate surface area is 209 Å². The normalized spacial score (nSPS) is 15.6. The van der Waals surface area contributed by atoms with Crippen molar-refractivity contribution in [3.63, 3.8) is 0 Å². The Morgan fingerprint density at radius 3 is 2.47 bits per heavy atom. The van der Waals surface area contributed by atoms with E-state index < -0.39 is 0 Å². The van der Waals surface area contributed by atoms with Gasteiger partial charge >= 0.3 is 0 Å². The van der Waals surface area contributed by atoms with Crippen LogP contribution in [0.25, 0.3) is 22.6 Å². The second-order valence-corrected chi connectivity index (χ2v) is 10.1. The van der Waals surface area contributed by atoms with Crippen molar-refractivity contribution in [2.75, 3.05) is 0 Å². The van der Waals surface area contributed by atoms with Crippen LogP contribution in [0.15, 0.2) is 48.7 Å². The molecule has 0 radical (unpaired) electrons. The fourth-order valence-corrected chi connectivity index (χ4v) is 5.58. The quantitative estimate of drug-likeness (QED) is 0.272. The standard InChI is InChI=1S/C27H27Cl2FN4/c1-17(19-10-5-6-13-22(19)30)14-24-31-15-23-26(33-24)34(16-18-8-3-2-4-9-18)27(32-23)25-20(28)11-7-12-21(25)29/h5-7,10-13,15,17-18H,2-4,8-9,14,16H2,1H3/t17-/m1/s1. The van der Waals surface area contributed by atoms with Crippen LogP contribution >= 0.6 is 23.2 Å². The highest BCUT2D eigenvalue weighted by Gasteiger charge is 2.23. The van der Waals surface area contributed by atoms with Crippen LogP contribution in [0.4, 0.5) is 4.39 Å². The molecule has 1 aliphatic rings. The fraction of sp³-hybridized carbons (Fsp3) is 0.370. The van der Waals surface area contributed by atoms with Crippen LogP contribution in [0.5, 0.6) is 0 Å². The first kappa shape index (κ1) is 23.3. The summed E-state index contributed by atoms with van der Waals surface area (Å²) >= 11 is 13.2. The number of hydrogen-bond donors (Lipinski definition) is 0. The third-order valence-corrected chi connectivity index (χ3v) is 7.44. The summed E-state index contributed by atoms with van der Waals surface area (Å²) in [6, 6.07) is 12.4. The zero-order chi connectivity index (χ0) is 23.7. The van der Waals surface area contributed by atoms with Gasteiger partial charge in [0, 0.05) is 13.0 Å². The molecule has 1 fully saturated rings. The summed E-state index contributed by atoms with van der Waals surface area (Å²) in [7, 11) is 0. The van der Waals surface area contributed by atoms with Crippen molar-refractivity contribution in [1.82, 2.24) is 19.5 Å². The number of benzene rings is 2. The molecule has 2 heterocycles. The second-order valence-electron chi connectivity index (χ2n) is 9.27. The Balaban J connectivity index is 1.57. The van der Waals surface area contributed by atoms with Gasteiger partial charge in [0.1, 0.15) is 23.0 Å². The molecule has 176 valence electrons. The zero-order valence-electron chi connectivity index (χ0n) is 19.1. The van der Waals surface area contributed by atoms with Crippen LogP contribution < -0.4 is 0 Å². The first-order valence-electron chi connectivity index (χ1n) is 11.9. The highest BCUT2D eigenvalue weighted by atomic mass is 35.5. The van der Waals surface area contributed by atoms with E-state index in [9.17, 15) is 4.39 Å². The lowest BCUT2D eigenvalue weighted by molar-refractivity contribution is 0.322. The minimum atomic E-state index is -0.200. The van der Waals surface area contributed by atoms with Gasteiger partial charge in [-0.3, -0.25) is 0 Å². The van der Waals surface area contributed by atoms with E-state index in [1.165, 1.54) is 38.2 Å². The number of aromatic nitrogens is 4. The molecule has 1 aliphatic carbocycles. The number of halogens is 3. The van der Waals surface area contributed by atoms with Crippen molar-refractivity contribution in [3.05, 3.63) is 75.9 Å². The molecule has 34 heavy (non-hydrogen) atoms. The van der Waals surface area contributed by atoms with Gasteiger partial charge in [-0.05, 0) is 48.4 Å². The van der Waals surface area contributed by atoms with Crippen molar-refractivity contribution in [3.8, 4) is 11.4 Å². The topological polar surface area (TPSA) is 43.6 Å². The summed E-state index contributed by atoms with van der Waals surface area (Å²) < 4.78 is 16.5. The van der Waals surface area contributed by atoms with E-state index in [1.54, 1.807) is 12.3 Å². The van der Waals surface area contributed by atoms with E-state index in [4.69, 9.17) is 33.2 Å². The molecule has 1 saturated carbocycles. The molecular weight excluding hydrogens is 470 g/mol. The third kappa shape index (κ3) is 4.69. The molecule has 0 saturated heterocycles. The fourth-order valence-electron chi connectivity index (χ4n) is 5.01. The van der Waals surface area contributed by atoms with E-state index >= 15 is 0 Å². The maximum absolute atomic E-state index is 14.3. The largest absolute Gasteiger partial charge is 0.308 e. The molecule has 2 aromatic carbocycles. The third-order valence-electron chi connectivity index (χ3n) is 6.81. The van der Waals surface area contributed by atoms with Gasteiger partial charge in [0.05, 0.1) is 21.8 Å². The van der Waals surface area contributed by atoms with Crippen LogP contribution in [0.3, 0.4) is 0 Å². The summed E-state index contributed by atoms with van der Waals surface area (Å²) in [5.41, 5.74) is 2.89. The Morgan fingerprint density at radius 1 is 1.00 bits per heavy atom. The number of fused-ring (bicyclic) bond motifs is 1. The van der Waals surface area contributed by atoms with Gasteiger partial charge in [0.2, 0.25) is 0 Å². The lowest BCUT2D eigenvalue weighted by Gasteiger charge is -2.23. The maximum atomic E-state index is 14.3. The predicted molar refractivity (Wildman–Crippen MR) is 136 cm³/mol. The molecule has 5 rings (SSSR count). The van der Waals surface area contributed by atoms with Crippen molar-refractivity contribution in [1.29, 1.82) is 0 Å². The molecular formula is C27H27Cl2FN4. The SMILES string of the molecule is C[C@H](Cc1ncc2nc(-c3c(Cl)cccc3Cl)n(CC3CCCCC3)c2n1)c1ccccc1F. The summed E-state index contributed by atoms with van der Waals surface area (Å²) in [6.07, 6.45) is 8.48. The number of rotatable bonds is 6. The van der Waals surface area contributed by atoms with Gasteiger partial charge in [0.15, 0.2) is 5.65 Å². The Morgan fingerprint density at radius 2 is 1.74 bits per heavy atom. The molecule has 4 nitrogen and oxygen atoms in total. The van der Waals surface area contributed by atoms with E-state index in [0.29, 0.717) is 39.3 Å². The van der Waals surface area contributed by atoms with Gasteiger partial charge in [0.25, 0.3) is 0 Å². The van der Waals surface area contributed by atoms with Crippen molar-refractivity contribution >= 4 is 34.4 Å². The van der Waals surface area contributed by atoms with Crippen LogP contribution in [0.2, 0.25) is 10.0 Å². The van der Waals surface area contributed by atoms with E-state index in [1.807, 2.05) is 37.3 Å². The molecule has 0 aliphatic heterocycles. The highest BCUT2D eigenvalue weighted by molar-refractivity contribution is 6.39. The Kier molecular flexibility index (Phi) is 6.84. The summed E-state index contributed by atoms with van der Waals surface area (Å²) in [5.74, 6) is 1.71. The molecule has 0 amide bonds. The molecule has 0 bridgehead atoms. The molecule has 0 unspecified atom stereocenters. The van der Waals surface area contributed by atoms with Crippen LogP contribution in [-0.2, 0) is 13.0 Å². The first-order chi connectivity index (χ1) is 16.5. The molecule has 0 N–H and O–H groups in total. The lowest BCUT2D eigenvalue weighted by Crippen LogP contribution is -2.16. The smallest absolute Gasteiger partial charge is 0.164 e. The van der Waals surface area contributed by atoms with Crippen molar-refractivity contribution in [2.45, 2.75) is 57.9 Å². The van der Waals surface area contributed by atoms with Crippen LogP contribution in [0.1, 0.15) is 56.3 Å². The summed E-state index contributed by atoms with van der Waals surface area (Å²) in [4.78, 5) is 14.4. The van der Waals surface area contributed by atoms with Gasteiger partial charge in [-0.15, -0.1) is 0 Å². The number of hydrogen-bond acceptors (Lipinski definition) is 3. The van der Waals surface area contributed by atoms with Crippen LogP contribution in [-0.4, -0.2) is 19.5 Å². The average Bonchev–Trinajstić information content (AvgIpc) is 3.17. The molecule has 7 heteroatoms. The van der Waals surface area contributed by atoms with Gasteiger partial charge in [-0.2, -0.15) is 0 Å². The van der Waals surface area contributed by atoms with E-state index in [-0.39, 0.29) is 11.7 Å². The van der Waals surface area contributed by atoms with Gasteiger partial charge < -0.3 is 4.57 Å². The summed E-state index contributed by atoms with van der Waals surface area (Å²) in [6.45, 7) is 2.81. The maximum Gasteiger partial charge on any atom is 0.164 e. The first-order valence-corrected chi connectivity index (χ1v) is 12.7. The highest BCUT2D eigenvalue weighted by Crippen LogP contribution is 2.37. The molecule has 4 aromatic rings. The molecule has 0 spiro atoms. The average molecular weight is 497 g/mol. The lowest BCUT2D eigenvalue weighted by atomic mass is 9.89. The van der Waals surface area contributed by atoms with Gasteiger partial charge in [-0.1, -0.05) is 73.7 Å². The van der Waals surface area contributed by atoms with Crippen LogP contribution in [0, 0.1) is 11.7 Å². The molecule has 2 aromatic heterocycles. The Bertz CT molecular complexity index is 1290. The summed E-state index contributed by atoms with van der Waals surface area (Å²) in [5, 5.41) is 1.13. The van der Waals surface area contributed by atoms with Crippen molar-refractivity contribution < 1.29 is 4.39 Å². The minimum Gasteiger partial charge on any atom is -0.308 e. The van der Waals surface area contributed by atoms with Crippen molar-refractivity contribution in [2.24, 2.45) is 5.92 Å². The number of imidazole rings is 1. The minimum absolute atomic E-state index is 0.0501. The zero-order valence-corrected chi connectivity index (χ0v) is 20.7. The van der Waals surface area contributed by atoms with E-state index in [2.05, 4.69) is 9.55 Å². The van der Waals surface area contributed by atoms with Gasteiger partial charge in [-0.25, -0.2) is 19.3 Å². The molecule has 1 atom stereocenters.